The molecule has 1 aromatic rings. The van der Waals surface area contributed by atoms with Crippen LogP contribution >= 0.6 is 0 Å². The molecule has 1 atom stereocenters. The fraction of sp³-hybridized carbons (Fsp3) is 0.429. The highest BCUT2D eigenvalue weighted by atomic mass is 19.4. The second-order valence-electron chi connectivity index (χ2n) is 4.95. The van der Waals surface area contributed by atoms with Crippen LogP contribution in [0.5, 0.6) is 5.75 Å². The number of phenolic OH excluding ortho intramolecular Hbond substituents is 1. The Morgan fingerprint density at radius 2 is 2.05 bits per heavy atom. The molecule has 3 N–H and O–H groups in total. The van der Waals surface area contributed by atoms with Gasteiger partial charge in [0.2, 0.25) is 0 Å². The summed E-state index contributed by atoms with van der Waals surface area (Å²) in [6, 6.07) is 4.73. The number of rotatable bonds is 2. The Hall–Kier alpha value is -1.69. The smallest absolute Gasteiger partial charge is 0.412 e. The molecular weight excluding hydrogens is 269 g/mol. The van der Waals surface area contributed by atoms with Crippen molar-refractivity contribution in [3.8, 4) is 5.75 Å². The zero-order valence-electron chi connectivity index (χ0n) is 11.1. The highest BCUT2D eigenvalue weighted by molar-refractivity contribution is 5.55. The van der Waals surface area contributed by atoms with Gasteiger partial charge in [0.25, 0.3) is 0 Å². The molecule has 1 aromatic carbocycles. The number of alkyl halides is 3. The van der Waals surface area contributed by atoms with Gasteiger partial charge in [0, 0.05) is 42.0 Å². The van der Waals surface area contributed by atoms with E-state index in [1.807, 2.05) is 0 Å². The van der Waals surface area contributed by atoms with Crippen molar-refractivity contribution >= 4 is 5.69 Å². The Bertz CT molecular complexity index is 524. The van der Waals surface area contributed by atoms with E-state index in [0.717, 1.165) is 0 Å². The lowest BCUT2D eigenvalue weighted by Crippen LogP contribution is -2.31. The summed E-state index contributed by atoms with van der Waals surface area (Å²) in [5, 5.41) is 9.87. The summed E-state index contributed by atoms with van der Waals surface area (Å²) in [5.74, 6) is 0.0723. The lowest BCUT2D eigenvalue weighted by atomic mass is 10.0. The molecule has 0 saturated heterocycles. The highest BCUT2D eigenvalue weighted by Crippen LogP contribution is 2.33. The molecule has 1 unspecified atom stereocenters. The first kappa shape index (κ1) is 14.7. The van der Waals surface area contributed by atoms with Gasteiger partial charge in [-0.1, -0.05) is 12.1 Å². The molecule has 0 fully saturated rings. The van der Waals surface area contributed by atoms with E-state index < -0.39 is 11.7 Å². The Morgan fingerprint density at radius 3 is 2.50 bits per heavy atom. The average Bonchev–Trinajstić information content (AvgIpc) is 2.37. The van der Waals surface area contributed by atoms with Gasteiger partial charge in [0.1, 0.15) is 5.75 Å². The van der Waals surface area contributed by atoms with Gasteiger partial charge in [-0.2, -0.15) is 13.2 Å². The topological polar surface area (TPSA) is 49.5 Å². The maximum Gasteiger partial charge on any atom is 0.412 e. The minimum absolute atomic E-state index is 0.0424. The Labute approximate surface area is 115 Å². The Balaban J connectivity index is 2.15. The second kappa shape index (κ2) is 5.36. The van der Waals surface area contributed by atoms with Gasteiger partial charge in [-0.15, -0.1) is 0 Å². The molecule has 110 valence electrons. The van der Waals surface area contributed by atoms with Crippen LogP contribution in [0.25, 0.3) is 0 Å². The number of phenols is 1. The molecule has 0 bridgehead atoms. The Kier molecular flexibility index (Phi) is 3.94. The number of hydrogen-bond donors (Lipinski definition) is 2. The number of nitrogens with zero attached hydrogens (tertiary/aromatic N) is 1. The van der Waals surface area contributed by atoms with Crippen LogP contribution in [0.4, 0.5) is 18.9 Å². The van der Waals surface area contributed by atoms with Crippen molar-refractivity contribution in [1.82, 2.24) is 0 Å². The van der Waals surface area contributed by atoms with Crippen LogP contribution in [-0.2, 0) is 0 Å². The molecule has 0 spiro atoms. The molecular formula is C14H17F3N2O. The van der Waals surface area contributed by atoms with Crippen LogP contribution in [0.2, 0.25) is 0 Å². The summed E-state index contributed by atoms with van der Waals surface area (Å²) in [4.78, 5) is 1.79. The van der Waals surface area contributed by atoms with Crippen molar-refractivity contribution in [2.24, 2.45) is 5.73 Å². The van der Waals surface area contributed by atoms with Crippen LogP contribution in [-0.4, -0.2) is 24.4 Å². The molecule has 0 amide bonds. The molecule has 1 aliphatic heterocycles. The van der Waals surface area contributed by atoms with Crippen molar-refractivity contribution in [3.05, 3.63) is 35.4 Å². The van der Waals surface area contributed by atoms with Gasteiger partial charge in [-0.25, -0.2) is 0 Å². The van der Waals surface area contributed by atoms with E-state index in [2.05, 4.69) is 0 Å². The van der Waals surface area contributed by atoms with E-state index in [4.69, 9.17) is 5.73 Å². The van der Waals surface area contributed by atoms with Gasteiger partial charge in [0.05, 0.1) is 0 Å². The number of benzene rings is 1. The Morgan fingerprint density at radius 1 is 1.35 bits per heavy atom. The standard InChI is InChI=1S/C14H17F3N2O/c1-9(18)12-3-2-11(8-13(12)20)19-6-4-10(5-7-19)14(15,16)17/h2-4,8-9,20H,5-7,18H2,1H3. The van der Waals surface area contributed by atoms with Crippen LogP contribution in [0.3, 0.4) is 0 Å². The van der Waals surface area contributed by atoms with Gasteiger partial charge < -0.3 is 15.7 Å². The molecule has 0 aromatic heterocycles. The zero-order valence-corrected chi connectivity index (χ0v) is 11.1. The molecule has 3 nitrogen and oxygen atoms in total. The van der Waals surface area contributed by atoms with Crippen LogP contribution in [0, 0.1) is 0 Å². The lowest BCUT2D eigenvalue weighted by Gasteiger charge is -2.29. The third-order valence-corrected chi connectivity index (χ3v) is 3.44. The molecule has 1 aliphatic rings. The molecule has 0 radical (unpaired) electrons. The van der Waals surface area contributed by atoms with Crippen molar-refractivity contribution < 1.29 is 18.3 Å². The largest absolute Gasteiger partial charge is 0.508 e. The maximum atomic E-state index is 12.5. The summed E-state index contributed by atoms with van der Waals surface area (Å²) in [5.41, 5.74) is 6.54. The van der Waals surface area contributed by atoms with E-state index in [1.54, 1.807) is 30.0 Å². The monoisotopic (exact) mass is 286 g/mol. The molecule has 20 heavy (non-hydrogen) atoms. The van der Waals surface area contributed by atoms with Gasteiger partial charge in [0.15, 0.2) is 0 Å². The minimum Gasteiger partial charge on any atom is -0.508 e. The number of anilines is 1. The molecule has 1 heterocycles. The fourth-order valence-corrected chi connectivity index (χ4v) is 2.27. The molecule has 2 rings (SSSR count). The normalized spacial score (nSPS) is 17.9. The van der Waals surface area contributed by atoms with Crippen LogP contribution < -0.4 is 10.6 Å². The quantitative estimate of drug-likeness (QED) is 0.821. The van der Waals surface area contributed by atoms with Gasteiger partial charge in [-0.3, -0.25) is 0 Å². The number of halogens is 3. The van der Waals surface area contributed by atoms with E-state index in [1.165, 1.54) is 6.08 Å². The highest BCUT2D eigenvalue weighted by Gasteiger charge is 2.34. The average molecular weight is 286 g/mol. The number of aromatic hydroxyl groups is 1. The summed E-state index contributed by atoms with van der Waals surface area (Å²) < 4.78 is 37.6. The first-order valence-corrected chi connectivity index (χ1v) is 6.38. The van der Waals surface area contributed by atoms with Crippen molar-refractivity contribution in [1.29, 1.82) is 0 Å². The first-order valence-electron chi connectivity index (χ1n) is 6.38. The first-order chi connectivity index (χ1) is 9.29. The van der Waals surface area contributed by atoms with E-state index in [0.29, 0.717) is 11.3 Å². The molecule has 6 heteroatoms. The zero-order chi connectivity index (χ0) is 14.9. The van der Waals surface area contributed by atoms with Crippen molar-refractivity contribution in [2.75, 3.05) is 18.0 Å². The van der Waals surface area contributed by atoms with E-state index >= 15 is 0 Å². The third kappa shape index (κ3) is 3.07. The summed E-state index contributed by atoms with van der Waals surface area (Å²) in [6.07, 6.45) is -3.09. The predicted octanol–water partition coefficient (Wildman–Crippen LogP) is 3.11. The number of nitrogens with two attached hydrogens (primary N) is 1. The van der Waals surface area contributed by atoms with E-state index in [-0.39, 0.29) is 31.3 Å². The predicted molar refractivity (Wildman–Crippen MR) is 71.7 cm³/mol. The fourth-order valence-electron chi connectivity index (χ4n) is 2.27. The summed E-state index contributed by atoms with van der Waals surface area (Å²) in [7, 11) is 0. The number of hydrogen-bond acceptors (Lipinski definition) is 3. The van der Waals surface area contributed by atoms with Crippen molar-refractivity contribution in [2.45, 2.75) is 25.6 Å². The van der Waals surface area contributed by atoms with Gasteiger partial charge in [-0.05, 0) is 19.4 Å². The summed E-state index contributed by atoms with van der Waals surface area (Å²) in [6.45, 7) is 2.22. The SMILES string of the molecule is CC(N)c1ccc(N2CC=C(C(F)(F)F)CC2)cc1O. The van der Waals surface area contributed by atoms with Crippen molar-refractivity contribution in [3.63, 3.8) is 0 Å². The molecule has 0 aliphatic carbocycles. The summed E-state index contributed by atoms with van der Waals surface area (Å²) >= 11 is 0. The third-order valence-electron chi connectivity index (χ3n) is 3.44. The van der Waals surface area contributed by atoms with Gasteiger partial charge >= 0.3 is 6.18 Å². The molecule has 0 saturated carbocycles. The maximum absolute atomic E-state index is 12.5. The van der Waals surface area contributed by atoms with Crippen LogP contribution in [0.1, 0.15) is 24.9 Å². The van der Waals surface area contributed by atoms with Crippen LogP contribution in [0.15, 0.2) is 29.8 Å². The second-order valence-corrected chi connectivity index (χ2v) is 4.95. The van der Waals surface area contributed by atoms with E-state index in [9.17, 15) is 18.3 Å². The lowest BCUT2D eigenvalue weighted by molar-refractivity contribution is -0.0944. The minimum atomic E-state index is -4.24.